The zero-order valence-electron chi connectivity index (χ0n) is 23.6. The molecule has 13 nitrogen and oxygen atoms in total. The maximum absolute atomic E-state index is 13.2. The molecule has 0 bridgehead atoms. The monoisotopic (exact) mass is 578 g/mol. The third-order valence-electron chi connectivity index (χ3n) is 6.38. The number of rotatable bonds is 15. The first-order chi connectivity index (χ1) is 20.2. The number of hydrogen-bond donors (Lipinski definition) is 6. The van der Waals surface area contributed by atoms with E-state index in [9.17, 15) is 19.2 Å². The topological polar surface area (TPSA) is 209 Å². The van der Waals surface area contributed by atoms with E-state index < -0.39 is 12.1 Å². The maximum atomic E-state index is 13.2. The molecule has 3 aromatic rings. The number of nitrogens with zero attached hydrogens (tertiary/aromatic N) is 2. The number of aromatic nitrogens is 1. The highest BCUT2D eigenvalue weighted by molar-refractivity contribution is 5.92. The number of ether oxygens (including phenoxy) is 1. The summed E-state index contributed by atoms with van der Waals surface area (Å²) in [5, 5.41) is 9.07. The Labute approximate surface area is 243 Å². The summed E-state index contributed by atoms with van der Waals surface area (Å²) >= 11 is 0. The van der Waals surface area contributed by atoms with Crippen molar-refractivity contribution in [3.8, 4) is 0 Å². The average molecular weight is 579 g/mol. The standard InChI is InChI=1S/C29H38N8O5/c1-2-42-26(39)18-37-17-21(22-6-3-4-8-24(22)37)14-25(38)36-23(7-5-13-33-28(30)31)27(40)34-15-19-9-11-20(12-10-19)16-35-29(32)41/h3-4,6,8-12,17,23H,2,5,7,13-16,18H2,1H3,(H,34,40)(H,36,38)(H4,30,31,33)(H3,32,35,41)/t23-/m1/s1. The minimum absolute atomic E-state index is 0.00875. The van der Waals surface area contributed by atoms with Gasteiger partial charge >= 0.3 is 12.0 Å². The first-order valence-corrected chi connectivity index (χ1v) is 13.6. The van der Waals surface area contributed by atoms with Crippen LogP contribution in [0.2, 0.25) is 0 Å². The lowest BCUT2D eigenvalue weighted by Crippen LogP contribution is -2.47. The number of carbonyl (C=O) groups is 4. The summed E-state index contributed by atoms with van der Waals surface area (Å²) in [6.45, 7) is 2.89. The van der Waals surface area contributed by atoms with E-state index in [1.165, 1.54) is 0 Å². The van der Waals surface area contributed by atoms with Crippen LogP contribution in [0.4, 0.5) is 4.79 Å². The molecule has 0 spiro atoms. The lowest BCUT2D eigenvalue weighted by Gasteiger charge is -2.18. The zero-order valence-corrected chi connectivity index (χ0v) is 23.6. The first-order valence-electron chi connectivity index (χ1n) is 13.6. The van der Waals surface area contributed by atoms with Crippen LogP contribution in [0.3, 0.4) is 0 Å². The molecule has 3 rings (SSSR count). The van der Waals surface area contributed by atoms with Crippen molar-refractivity contribution in [3.05, 3.63) is 71.4 Å². The Bertz CT molecular complexity index is 1410. The van der Waals surface area contributed by atoms with Gasteiger partial charge in [-0.1, -0.05) is 42.5 Å². The molecular formula is C29H38N8O5. The van der Waals surface area contributed by atoms with E-state index in [1.54, 1.807) is 17.7 Å². The highest BCUT2D eigenvalue weighted by Gasteiger charge is 2.22. The Balaban J connectivity index is 1.67. The van der Waals surface area contributed by atoms with Crippen molar-refractivity contribution >= 4 is 40.7 Å². The molecule has 0 fully saturated rings. The summed E-state index contributed by atoms with van der Waals surface area (Å²) in [6, 6.07) is 13.3. The van der Waals surface area contributed by atoms with Gasteiger partial charge in [-0.2, -0.15) is 0 Å². The van der Waals surface area contributed by atoms with Crippen molar-refractivity contribution < 1.29 is 23.9 Å². The molecule has 0 saturated heterocycles. The van der Waals surface area contributed by atoms with Gasteiger partial charge in [0.25, 0.3) is 0 Å². The van der Waals surface area contributed by atoms with Crippen LogP contribution in [0.15, 0.2) is 59.7 Å². The quantitative estimate of drug-likeness (QED) is 0.0659. The van der Waals surface area contributed by atoms with Crippen molar-refractivity contribution in [1.82, 2.24) is 20.5 Å². The summed E-state index contributed by atoms with van der Waals surface area (Å²) in [5.74, 6) is -1.11. The number of hydrogen-bond acceptors (Lipinski definition) is 6. The molecule has 9 N–H and O–H groups in total. The zero-order chi connectivity index (χ0) is 30.5. The van der Waals surface area contributed by atoms with Crippen molar-refractivity contribution in [2.75, 3.05) is 13.2 Å². The van der Waals surface area contributed by atoms with Crippen molar-refractivity contribution in [2.45, 2.75) is 51.9 Å². The van der Waals surface area contributed by atoms with Crippen LogP contribution in [0.1, 0.15) is 36.5 Å². The number of guanidine groups is 1. The van der Waals surface area contributed by atoms with Gasteiger partial charge in [-0.3, -0.25) is 19.4 Å². The molecule has 1 aromatic heterocycles. The van der Waals surface area contributed by atoms with E-state index in [0.29, 0.717) is 25.9 Å². The van der Waals surface area contributed by atoms with Crippen LogP contribution in [0, 0.1) is 0 Å². The van der Waals surface area contributed by atoms with E-state index in [0.717, 1.165) is 27.6 Å². The van der Waals surface area contributed by atoms with Crippen LogP contribution >= 0.6 is 0 Å². The van der Waals surface area contributed by atoms with Crippen molar-refractivity contribution in [1.29, 1.82) is 0 Å². The van der Waals surface area contributed by atoms with Crippen LogP contribution in [-0.4, -0.2) is 53.5 Å². The SMILES string of the molecule is CCOC(=O)Cn1cc(CC(=O)N[C@H](CCCN=C(N)N)C(=O)NCc2ccc(CNC(N)=O)cc2)c2ccccc21. The molecule has 2 aromatic carbocycles. The van der Waals surface area contributed by atoms with Crippen LogP contribution in [-0.2, 0) is 45.2 Å². The summed E-state index contributed by atoms with van der Waals surface area (Å²) in [7, 11) is 0. The van der Waals surface area contributed by atoms with Gasteiger partial charge in [0.05, 0.1) is 13.0 Å². The lowest BCUT2D eigenvalue weighted by atomic mass is 10.1. The number of carbonyl (C=O) groups excluding carboxylic acids is 4. The summed E-state index contributed by atoms with van der Waals surface area (Å²) in [5.41, 5.74) is 19.1. The molecule has 0 radical (unpaired) electrons. The van der Waals surface area contributed by atoms with E-state index in [2.05, 4.69) is 20.9 Å². The van der Waals surface area contributed by atoms with Gasteiger partial charge in [0.1, 0.15) is 12.6 Å². The summed E-state index contributed by atoms with van der Waals surface area (Å²) in [4.78, 5) is 53.3. The van der Waals surface area contributed by atoms with E-state index >= 15 is 0 Å². The van der Waals surface area contributed by atoms with E-state index in [1.807, 2.05) is 48.5 Å². The molecular weight excluding hydrogens is 540 g/mol. The number of amides is 4. The number of primary amides is 1. The number of urea groups is 1. The Morgan fingerprint density at radius 1 is 0.952 bits per heavy atom. The van der Waals surface area contributed by atoms with Crippen molar-refractivity contribution in [3.63, 3.8) is 0 Å². The normalized spacial score (nSPS) is 11.4. The number of nitrogens with two attached hydrogens (primary N) is 3. The first kappa shape index (κ1) is 31.5. The molecule has 0 aliphatic heterocycles. The fourth-order valence-electron chi connectivity index (χ4n) is 4.41. The Morgan fingerprint density at radius 3 is 2.26 bits per heavy atom. The molecule has 0 aliphatic rings. The van der Waals surface area contributed by atoms with E-state index in [4.69, 9.17) is 21.9 Å². The van der Waals surface area contributed by atoms with Gasteiger partial charge in [-0.15, -0.1) is 0 Å². The van der Waals surface area contributed by atoms with Gasteiger partial charge < -0.3 is 42.5 Å². The summed E-state index contributed by atoms with van der Waals surface area (Å²) < 4.78 is 6.83. The number of nitrogens with one attached hydrogen (secondary N) is 3. The minimum Gasteiger partial charge on any atom is -0.465 e. The van der Waals surface area contributed by atoms with Gasteiger partial charge in [0, 0.05) is 36.7 Å². The molecule has 13 heteroatoms. The van der Waals surface area contributed by atoms with Crippen LogP contribution < -0.4 is 33.2 Å². The molecule has 0 saturated carbocycles. The Morgan fingerprint density at radius 2 is 1.62 bits per heavy atom. The highest BCUT2D eigenvalue weighted by atomic mass is 16.5. The van der Waals surface area contributed by atoms with Gasteiger partial charge in [0.2, 0.25) is 11.8 Å². The molecule has 42 heavy (non-hydrogen) atoms. The molecule has 1 heterocycles. The minimum atomic E-state index is -0.821. The van der Waals surface area contributed by atoms with Gasteiger partial charge in [-0.25, -0.2) is 4.79 Å². The molecule has 1 atom stereocenters. The van der Waals surface area contributed by atoms with Gasteiger partial charge in [0.15, 0.2) is 5.96 Å². The third kappa shape index (κ3) is 9.84. The largest absolute Gasteiger partial charge is 0.465 e. The third-order valence-corrected chi connectivity index (χ3v) is 6.38. The lowest BCUT2D eigenvalue weighted by molar-refractivity contribution is -0.143. The molecule has 0 unspecified atom stereocenters. The van der Waals surface area contributed by atoms with Gasteiger partial charge in [-0.05, 0) is 42.5 Å². The summed E-state index contributed by atoms with van der Waals surface area (Å²) in [6.07, 6.45) is 2.56. The Hall–Kier alpha value is -5.07. The molecule has 4 amide bonds. The second kappa shape index (κ2) is 15.6. The van der Waals surface area contributed by atoms with Crippen LogP contribution in [0.25, 0.3) is 10.9 Å². The molecule has 0 aliphatic carbocycles. The maximum Gasteiger partial charge on any atom is 0.325 e. The number of fused-ring (bicyclic) bond motifs is 1. The fraction of sp³-hybridized carbons (Fsp3) is 0.345. The van der Waals surface area contributed by atoms with E-state index in [-0.39, 0.29) is 49.9 Å². The average Bonchev–Trinajstić information content (AvgIpc) is 3.29. The predicted molar refractivity (Wildman–Crippen MR) is 159 cm³/mol. The number of para-hydroxylation sites is 1. The number of esters is 1. The highest BCUT2D eigenvalue weighted by Crippen LogP contribution is 2.22. The molecule has 224 valence electrons. The fourth-order valence-corrected chi connectivity index (χ4v) is 4.41. The van der Waals surface area contributed by atoms with Crippen LogP contribution in [0.5, 0.6) is 0 Å². The Kier molecular flexibility index (Phi) is 11.7. The number of aliphatic imine (C=N–C) groups is 1. The smallest absolute Gasteiger partial charge is 0.325 e. The number of benzene rings is 2. The predicted octanol–water partition coefficient (Wildman–Crippen LogP) is 0.770. The second-order valence-electron chi connectivity index (χ2n) is 9.60. The second-order valence-corrected chi connectivity index (χ2v) is 9.60. The van der Waals surface area contributed by atoms with Crippen molar-refractivity contribution in [2.24, 2.45) is 22.2 Å².